The molecule has 0 saturated carbocycles. The quantitative estimate of drug-likeness (QED) is 0.103. The van der Waals surface area contributed by atoms with Crippen molar-refractivity contribution in [1.29, 1.82) is 0 Å². The lowest BCUT2D eigenvalue weighted by Gasteiger charge is -2.43. The second kappa shape index (κ2) is 14.5. The van der Waals surface area contributed by atoms with E-state index in [0.717, 1.165) is 12.1 Å². The summed E-state index contributed by atoms with van der Waals surface area (Å²) in [6.45, 7) is -2.07. The van der Waals surface area contributed by atoms with Crippen molar-refractivity contribution in [3.8, 4) is 34.3 Å². The van der Waals surface area contributed by atoms with E-state index >= 15 is 0 Å². The summed E-state index contributed by atoms with van der Waals surface area (Å²) in [4.78, 5) is 13.7. The van der Waals surface area contributed by atoms with Gasteiger partial charge in [-0.2, -0.15) is 0 Å². The molecular formula is C31H36O19. The number of rotatable bonds is 9. The summed E-state index contributed by atoms with van der Waals surface area (Å²) >= 11 is 0. The van der Waals surface area contributed by atoms with Crippen molar-refractivity contribution in [3.05, 3.63) is 46.6 Å². The number of aliphatic hydroxyl groups excluding tert-OH is 8. The van der Waals surface area contributed by atoms with Gasteiger partial charge in [-0.15, -0.1) is 0 Å². The molecule has 13 atom stereocenters. The maximum Gasteiger partial charge on any atom is 0.239 e. The first-order valence-corrected chi connectivity index (χ1v) is 15.3. The Morgan fingerprint density at radius 2 is 1.34 bits per heavy atom. The molecule has 1 aromatic heterocycles. The lowest BCUT2D eigenvalue weighted by Crippen LogP contribution is -2.62. The highest BCUT2D eigenvalue weighted by atomic mass is 16.8. The van der Waals surface area contributed by atoms with Crippen LogP contribution in [0.25, 0.3) is 22.3 Å². The molecule has 50 heavy (non-hydrogen) atoms. The summed E-state index contributed by atoms with van der Waals surface area (Å²) in [5.74, 6) is -2.14. The van der Waals surface area contributed by atoms with Gasteiger partial charge in [0.25, 0.3) is 0 Å². The third kappa shape index (κ3) is 6.72. The molecule has 3 saturated heterocycles. The van der Waals surface area contributed by atoms with Crippen LogP contribution >= 0.6 is 0 Å². The molecule has 2 aromatic carbocycles. The number of phenolic OH excluding ortho intramolecular Hbond substituents is 3. The molecule has 6 rings (SSSR count). The summed E-state index contributed by atoms with van der Waals surface area (Å²) in [5, 5.41) is 113. The van der Waals surface area contributed by atoms with Crippen molar-refractivity contribution in [1.82, 2.24) is 0 Å². The molecule has 0 radical (unpaired) electrons. The molecule has 11 N–H and O–H groups in total. The van der Waals surface area contributed by atoms with Crippen molar-refractivity contribution < 1.29 is 89.0 Å². The second-order valence-corrected chi connectivity index (χ2v) is 12.0. The minimum absolute atomic E-state index is 0.129. The van der Waals surface area contributed by atoms with Crippen molar-refractivity contribution in [2.45, 2.75) is 79.9 Å². The fraction of sp³-hybridized carbons (Fsp3) is 0.516. The number of hydrogen-bond donors (Lipinski definition) is 11. The number of ether oxygens (including phenoxy) is 6. The normalized spacial score (nSPS) is 36.1. The van der Waals surface area contributed by atoms with E-state index in [-0.39, 0.29) is 22.7 Å². The van der Waals surface area contributed by atoms with E-state index in [0.29, 0.717) is 0 Å². The Morgan fingerprint density at radius 3 is 2.02 bits per heavy atom. The fourth-order valence-electron chi connectivity index (χ4n) is 5.93. The Balaban J connectivity index is 1.27. The first-order chi connectivity index (χ1) is 23.8. The number of phenols is 3. The molecule has 0 amide bonds. The minimum Gasteiger partial charge on any atom is -0.508 e. The molecule has 3 aliphatic rings. The van der Waals surface area contributed by atoms with Gasteiger partial charge >= 0.3 is 0 Å². The predicted octanol–water partition coefficient (Wildman–Crippen LogP) is -3.32. The molecule has 3 aliphatic heterocycles. The van der Waals surface area contributed by atoms with Crippen LogP contribution in [0.15, 0.2) is 45.6 Å². The summed E-state index contributed by atoms with van der Waals surface area (Å²) in [7, 11) is 0. The third-order valence-corrected chi connectivity index (χ3v) is 8.61. The Bertz CT molecular complexity index is 1700. The first kappa shape index (κ1) is 36.1. The van der Waals surface area contributed by atoms with Gasteiger partial charge in [0.2, 0.25) is 17.5 Å². The highest BCUT2D eigenvalue weighted by Crippen LogP contribution is 2.38. The molecule has 0 spiro atoms. The average molecular weight is 713 g/mol. The van der Waals surface area contributed by atoms with Crippen LogP contribution in [0.1, 0.15) is 0 Å². The van der Waals surface area contributed by atoms with E-state index in [1.165, 1.54) is 24.3 Å². The molecular weight excluding hydrogens is 676 g/mol. The molecule has 0 aliphatic carbocycles. The predicted molar refractivity (Wildman–Crippen MR) is 161 cm³/mol. The lowest BCUT2D eigenvalue weighted by molar-refractivity contribution is -0.333. The largest absolute Gasteiger partial charge is 0.508 e. The highest BCUT2D eigenvalue weighted by Gasteiger charge is 2.53. The van der Waals surface area contributed by atoms with Gasteiger partial charge in [-0.25, -0.2) is 0 Å². The van der Waals surface area contributed by atoms with Gasteiger partial charge in [0.1, 0.15) is 89.3 Å². The van der Waals surface area contributed by atoms with Gasteiger partial charge in [0, 0.05) is 17.7 Å². The third-order valence-electron chi connectivity index (χ3n) is 8.61. The zero-order valence-corrected chi connectivity index (χ0v) is 25.8. The van der Waals surface area contributed by atoms with Crippen molar-refractivity contribution in [2.75, 3.05) is 19.8 Å². The zero-order valence-electron chi connectivity index (χ0n) is 25.8. The van der Waals surface area contributed by atoms with Crippen LogP contribution in [-0.2, 0) is 23.7 Å². The Morgan fingerprint density at radius 1 is 0.700 bits per heavy atom. The van der Waals surface area contributed by atoms with Crippen LogP contribution in [0.3, 0.4) is 0 Å². The van der Waals surface area contributed by atoms with Gasteiger partial charge in [-0.05, 0) is 24.3 Å². The zero-order chi connectivity index (χ0) is 36.0. The van der Waals surface area contributed by atoms with Crippen LogP contribution in [0.2, 0.25) is 0 Å². The van der Waals surface area contributed by atoms with Crippen LogP contribution in [-0.4, -0.2) is 156 Å². The molecule has 19 nitrogen and oxygen atoms in total. The molecule has 4 heterocycles. The summed E-state index contributed by atoms with van der Waals surface area (Å²) < 4.78 is 39.5. The topological polar surface area (TPSA) is 308 Å². The number of hydrogen-bond acceptors (Lipinski definition) is 19. The van der Waals surface area contributed by atoms with Crippen LogP contribution in [0, 0.1) is 0 Å². The molecule has 3 aromatic rings. The van der Waals surface area contributed by atoms with E-state index < -0.39 is 128 Å². The second-order valence-electron chi connectivity index (χ2n) is 12.0. The van der Waals surface area contributed by atoms with Crippen LogP contribution in [0.4, 0.5) is 0 Å². The van der Waals surface area contributed by atoms with Gasteiger partial charge in [0.15, 0.2) is 18.3 Å². The maximum atomic E-state index is 13.7. The number of aliphatic hydroxyl groups is 8. The van der Waals surface area contributed by atoms with E-state index in [1.807, 2.05) is 0 Å². The van der Waals surface area contributed by atoms with E-state index in [1.54, 1.807) is 0 Å². The highest BCUT2D eigenvalue weighted by molar-refractivity contribution is 5.88. The minimum atomic E-state index is -2.03. The number of aromatic hydroxyl groups is 3. The van der Waals surface area contributed by atoms with Gasteiger partial charge in [-0.1, -0.05) is 0 Å². The monoisotopic (exact) mass is 712 g/mol. The van der Waals surface area contributed by atoms with Crippen LogP contribution < -0.4 is 10.2 Å². The van der Waals surface area contributed by atoms with Crippen LogP contribution in [0.5, 0.6) is 23.0 Å². The number of fused-ring (bicyclic) bond motifs is 1. The smallest absolute Gasteiger partial charge is 0.239 e. The summed E-state index contributed by atoms with van der Waals surface area (Å²) in [6.07, 6.45) is -21.7. The molecule has 0 bridgehead atoms. The van der Waals surface area contributed by atoms with Gasteiger partial charge in [-0.3, -0.25) is 4.79 Å². The Kier molecular flexibility index (Phi) is 10.5. The molecule has 274 valence electrons. The Hall–Kier alpha value is -3.67. The van der Waals surface area contributed by atoms with Crippen molar-refractivity contribution in [2.24, 2.45) is 0 Å². The van der Waals surface area contributed by atoms with Crippen molar-refractivity contribution in [3.63, 3.8) is 0 Å². The number of benzene rings is 2. The molecule has 3 fully saturated rings. The SMILES string of the molecule is O=c1c(O[C@H]2O[C@H](CO)[C@@H](O[C@@H]3O[C@@H](CO)[C@H](O)[C@H]3O[C@@H]3OC[C@H](O)[C@H](O)[C@@H]3O)[C@@H](O)[C@@H]2O)c(-c2ccc(O)cc2)oc2cc(O)cc(O)c12. The van der Waals surface area contributed by atoms with Gasteiger partial charge in [0.05, 0.1) is 19.8 Å². The first-order valence-electron chi connectivity index (χ1n) is 15.3. The average Bonchev–Trinajstić information content (AvgIpc) is 3.38. The maximum absolute atomic E-state index is 13.7. The summed E-state index contributed by atoms with van der Waals surface area (Å²) in [5.41, 5.74) is -1.06. The lowest BCUT2D eigenvalue weighted by atomic mass is 9.98. The van der Waals surface area contributed by atoms with E-state index in [2.05, 4.69) is 0 Å². The fourth-order valence-corrected chi connectivity index (χ4v) is 5.93. The molecule has 19 heteroatoms. The van der Waals surface area contributed by atoms with Gasteiger partial charge < -0.3 is 89.0 Å². The standard InChI is InChI=1S/C31H36O19/c32-7-16-20(39)28(50-29-23(42)19(38)14(37)9-44-29)31(46-16)48-26-17(8-33)47-30(24(43)22(26)41)49-27-21(40)18-13(36)5-12(35)6-15(18)45-25(27)10-1-3-11(34)4-2-10/h1-6,14,16-17,19-20,22-24,26,28-39,41-43H,7-9H2/t14-,16-,17+,19-,20-,22-,23-,24-,26+,28+,29-,30+,31-/m0/s1. The molecule has 0 unspecified atom stereocenters. The Labute approximate surface area is 280 Å². The van der Waals surface area contributed by atoms with Crippen molar-refractivity contribution >= 4 is 11.0 Å². The van der Waals surface area contributed by atoms with E-state index in [4.69, 9.17) is 32.8 Å². The van der Waals surface area contributed by atoms with E-state index in [9.17, 15) is 61.0 Å². The summed E-state index contributed by atoms with van der Waals surface area (Å²) in [6, 6.07) is 7.21.